The zero-order valence-electron chi connectivity index (χ0n) is 8.07. The molecule has 1 unspecified atom stereocenters. The summed E-state index contributed by atoms with van der Waals surface area (Å²) in [4.78, 5) is 10.8. The normalized spacial score (nSPS) is 12.1. The second-order valence-corrected chi connectivity index (χ2v) is 2.89. The van der Waals surface area contributed by atoms with Crippen LogP contribution in [0.25, 0.3) is 0 Å². The van der Waals surface area contributed by atoms with Crippen molar-refractivity contribution < 1.29 is 9.53 Å². The Labute approximate surface area is 82.8 Å². The van der Waals surface area contributed by atoms with E-state index in [1.807, 2.05) is 6.92 Å². The molecule has 4 nitrogen and oxygen atoms in total. The summed E-state index contributed by atoms with van der Waals surface area (Å²) in [5, 5.41) is 0. The first-order valence-corrected chi connectivity index (χ1v) is 4.42. The number of benzene rings is 1. The van der Waals surface area contributed by atoms with Gasteiger partial charge in [0.25, 0.3) is 0 Å². The van der Waals surface area contributed by atoms with Crippen LogP contribution in [-0.2, 0) is 4.79 Å². The molecule has 76 valence electrons. The number of ether oxygens (including phenoxy) is 1. The van der Waals surface area contributed by atoms with Gasteiger partial charge in [-0.25, -0.2) is 0 Å². The van der Waals surface area contributed by atoms with Gasteiger partial charge in [0, 0.05) is 0 Å². The van der Waals surface area contributed by atoms with Gasteiger partial charge in [0.1, 0.15) is 11.8 Å². The summed E-state index contributed by atoms with van der Waals surface area (Å²) in [5.41, 5.74) is 11.3. The summed E-state index contributed by atoms with van der Waals surface area (Å²) in [7, 11) is 0. The number of nitrogens with two attached hydrogens (primary N) is 2. The highest BCUT2D eigenvalue weighted by atomic mass is 16.5. The molecular formula is C10H14N2O2. The molecule has 1 atom stereocenters. The Bertz CT molecular complexity index is 326. The van der Waals surface area contributed by atoms with Crippen LogP contribution >= 0.6 is 0 Å². The maximum Gasteiger partial charge on any atom is 0.238 e. The van der Waals surface area contributed by atoms with Crippen LogP contribution in [0.15, 0.2) is 24.3 Å². The van der Waals surface area contributed by atoms with Crippen LogP contribution in [0, 0.1) is 0 Å². The zero-order chi connectivity index (χ0) is 10.6. The van der Waals surface area contributed by atoms with E-state index in [1.54, 1.807) is 24.3 Å². The number of rotatable bonds is 4. The Balaban J connectivity index is 2.87. The molecule has 1 aromatic rings. The first-order chi connectivity index (χ1) is 6.65. The molecule has 0 aliphatic rings. The molecule has 0 aliphatic heterocycles. The topological polar surface area (TPSA) is 78.3 Å². The number of carbonyl (C=O) groups is 1. The van der Waals surface area contributed by atoms with Crippen molar-refractivity contribution >= 4 is 5.91 Å². The number of hydrogen-bond acceptors (Lipinski definition) is 3. The number of carbonyl (C=O) groups excluding carboxylic acids is 1. The van der Waals surface area contributed by atoms with Crippen LogP contribution in [0.3, 0.4) is 0 Å². The monoisotopic (exact) mass is 194 g/mol. The molecule has 0 aromatic heterocycles. The Morgan fingerprint density at radius 1 is 1.57 bits per heavy atom. The molecule has 0 aliphatic carbocycles. The van der Waals surface area contributed by atoms with Crippen molar-refractivity contribution in [3.63, 3.8) is 0 Å². The van der Waals surface area contributed by atoms with Crippen LogP contribution in [0.4, 0.5) is 0 Å². The fourth-order valence-corrected chi connectivity index (χ4v) is 1.13. The summed E-state index contributed by atoms with van der Waals surface area (Å²) in [6, 6.07) is 6.29. The lowest BCUT2D eigenvalue weighted by atomic mass is 10.1. The third-order valence-corrected chi connectivity index (χ3v) is 1.83. The van der Waals surface area contributed by atoms with Crippen molar-refractivity contribution in [3.8, 4) is 5.75 Å². The summed E-state index contributed by atoms with van der Waals surface area (Å²) < 4.78 is 5.27. The van der Waals surface area contributed by atoms with E-state index in [0.29, 0.717) is 17.9 Å². The van der Waals surface area contributed by atoms with E-state index in [2.05, 4.69) is 0 Å². The third-order valence-electron chi connectivity index (χ3n) is 1.83. The number of amides is 1. The van der Waals surface area contributed by atoms with Crippen molar-refractivity contribution in [2.45, 2.75) is 13.0 Å². The lowest BCUT2D eigenvalue weighted by Crippen LogP contribution is -2.28. The van der Waals surface area contributed by atoms with Gasteiger partial charge in [-0.1, -0.05) is 12.1 Å². The molecule has 1 amide bonds. The van der Waals surface area contributed by atoms with Gasteiger partial charge in [-0.2, -0.15) is 0 Å². The van der Waals surface area contributed by atoms with Crippen molar-refractivity contribution in [2.24, 2.45) is 11.5 Å². The number of hydrogen-bond donors (Lipinski definition) is 2. The molecule has 4 heteroatoms. The Kier molecular flexibility index (Phi) is 3.48. The van der Waals surface area contributed by atoms with Crippen LogP contribution < -0.4 is 16.2 Å². The van der Waals surface area contributed by atoms with Gasteiger partial charge in [-0.05, 0) is 24.6 Å². The summed E-state index contributed by atoms with van der Waals surface area (Å²) >= 11 is 0. The van der Waals surface area contributed by atoms with Gasteiger partial charge < -0.3 is 16.2 Å². The van der Waals surface area contributed by atoms with Crippen LogP contribution in [0.1, 0.15) is 18.5 Å². The van der Waals surface area contributed by atoms with Crippen molar-refractivity contribution in [3.05, 3.63) is 29.8 Å². The van der Waals surface area contributed by atoms with Gasteiger partial charge >= 0.3 is 0 Å². The maximum atomic E-state index is 10.8. The summed E-state index contributed by atoms with van der Waals surface area (Å²) in [6.07, 6.45) is 0. The van der Waals surface area contributed by atoms with E-state index >= 15 is 0 Å². The fourth-order valence-electron chi connectivity index (χ4n) is 1.13. The molecular weight excluding hydrogens is 180 g/mol. The molecule has 0 saturated carbocycles. The predicted octanol–water partition coefficient (Wildman–Crippen LogP) is 0.570. The minimum absolute atomic E-state index is 0.543. The van der Waals surface area contributed by atoms with Crippen LogP contribution in [0.2, 0.25) is 0 Å². The minimum atomic E-state index is -0.768. The molecule has 0 radical (unpaired) electrons. The second-order valence-electron chi connectivity index (χ2n) is 2.89. The molecule has 0 spiro atoms. The smallest absolute Gasteiger partial charge is 0.238 e. The standard InChI is InChI=1S/C10H14N2O2/c1-2-14-8-5-3-4-7(6-8)9(11)10(12)13/h3-6,9H,2,11H2,1H3,(H2,12,13). The van der Waals surface area contributed by atoms with Crippen molar-refractivity contribution in [1.29, 1.82) is 0 Å². The molecule has 0 saturated heterocycles. The quantitative estimate of drug-likeness (QED) is 0.735. The van der Waals surface area contributed by atoms with E-state index < -0.39 is 11.9 Å². The van der Waals surface area contributed by atoms with Gasteiger partial charge in [-0.3, -0.25) is 4.79 Å². The van der Waals surface area contributed by atoms with Crippen molar-refractivity contribution in [1.82, 2.24) is 0 Å². The lowest BCUT2D eigenvalue weighted by molar-refractivity contribution is -0.119. The average Bonchev–Trinajstić information content (AvgIpc) is 2.17. The molecule has 0 fully saturated rings. The fraction of sp³-hybridized carbons (Fsp3) is 0.300. The first kappa shape index (κ1) is 10.5. The van der Waals surface area contributed by atoms with Crippen LogP contribution in [0.5, 0.6) is 5.75 Å². The summed E-state index contributed by atoms with van der Waals surface area (Å²) in [5.74, 6) is 0.153. The molecule has 0 bridgehead atoms. The van der Waals surface area contributed by atoms with E-state index in [0.717, 1.165) is 0 Å². The lowest BCUT2D eigenvalue weighted by Gasteiger charge is -2.09. The Morgan fingerprint density at radius 2 is 2.29 bits per heavy atom. The van der Waals surface area contributed by atoms with E-state index in [4.69, 9.17) is 16.2 Å². The second kappa shape index (κ2) is 4.62. The molecule has 4 N–H and O–H groups in total. The third kappa shape index (κ3) is 2.47. The van der Waals surface area contributed by atoms with Gasteiger partial charge in [0.05, 0.1) is 6.61 Å². The Morgan fingerprint density at radius 3 is 2.86 bits per heavy atom. The molecule has 0 heterocycles. The predicted molar refractivity (Wildman–Crippen MR) is 53.7 cm³/mol. The molecule has 14 heavy (non-hydrogen) atoms. The number of primary amides is 1. The highest BCUT2D eigenvalue weighted by molar-refractivity contribution is 5.81. The zero-order valence-corrected chi connectivity index (χ0v) is 8.07. The van der Waals surface area contributed by atoms with E-state index in [-0.39, 0.29) is 0 Å². The van der Waals surface area contributed by atoms with E-state index in [9.17, 15) is 4.79 Å². The highest BCUT2D eigenvalue weighted by Gasteiger charge is 2.12. The first-order valence-electron chi connectivity index (χ1n) is 4.42. The largest absolute Gasteiger partial charge is 0.494 e. The average molecular weight is 194 g/mol. The molecule has 1 rings (SSSR count). The highest BCUT2D eigenvalue weighted by Crippen LogP contribution is 2.17. The van der Waals surface area contributed by atoms with Gasteiger partial charge in [0.15, 0.2) is 0 Å². The minimum Gasteiger partial charge on any atom is -0.494 e. The van der Waals surface area contributed by atoms with Gasteiger partial charge in [-0.15, -0.1) is 0 Å². The van der Waals surface area contributed by atoms with Crippen LogP contribution in [-0.4, -0.2) is 12.5 Å². The Hall–Kier alpha value is -1.55. The van der Waals surface area contributed by atoms with Crippen molar-refractivity contribution in [2.75, 3.05) is 6.61 Å². The van der Waals surface area contributed by atoms with E-state index in [1.165, 1.54) is 0 Å². The maximum absolute atomic E-state index is 10.8. The summed E-state index contributed by atoms with van der Waals surface area (Å²) in [6.45, 7) is 2.47. The van der Waals surface area contributed by atoms with Gasteiger partial charge in [0.2, 0.25) is 5.91 Å². The molecule has 1 aromatic carbocycles. The SMILES string of the molecule is CCOc1cccc(C(N)C(N)=O)c1.